The van der Waals surface area contributed by atoms with Crippen molar-refractivity contribution < 1.29 is 0 Å². The smallest absolute Gasteiger partial charge is 0.0215 e. The Morgan fingerprint density at radius 3 is 2.38 bits per heavy atom. The van der Waals surface area contributed by atoms with E-state index in [4.69, 9.17) is 0 Å². The van der Waals surface area contributed by atoms with Gasteiger partial charge in [0.1, 0.15) is 0 Å². The van der Waals surface area contributed by atoms with Crippen molar-refractivity contribution in [2.45, 2.75) is 0 Å². The molecule has 0 aromatic heterocycles. The first-order valence-corrected chi connectivity index (χ1v) is 6.89. The summed E-state index contributed by atoms with van der Waals surface area (Å²) >= 11 is 5.94. The van der Waals surface area contributed by atoms with Crippen LogP contribution in [0.1, 0.15) is 0 Å². The fourth-order valence-electron chi connectivity index (χ4n) is 2.03. The van der Waals surface area contributed by atoms with Crippen LogP contribution in [-0.4, -0.2) is 0 Å². The molecule has 0 atom stereocenters. The highest BCUT2D eigenvalue weighted by Crippen LogP contribution is 2.31. The third-order valence-corrected chi connectivity index (χ3v) is 4.16. The van der Waals surface area contributed by atoms with Crippen molar-refractivity contribution in [1.82, 2.24) is 0 Å². The summed E-state index contributed by atoms with van der Waals surface area (Å²) in [5, 5.41) is 5.26. The van der Waals surface area contributed by atoms with E-state index in [9.17, 15) is 0 Å². The zero-order chi connectivity index (χ0) is 11.1. The van der Waals surface area contributed by atoms with Crippen molar-refractivity contribution in [2.24, 2.45) is 0 Å². The monoisotopic (exact) mass is 382 g/mol. The average Bonchev–Trinajstić information content (AvgIpc) is 2.31. The van der Waals surface area contributed by atoms with Gasteiger partial charge < -0.3 is 0 Å². The lowest BCUT2D eigenvalue weighted by Crippen LogP contribution is -1.81. The minimum atomic E-state index is 1.13. The van der Waals surface area contributed by atoms with Gasteiger partial charge in [-0.15, -0.1) is 0 Å². The van der Waals surface area contributed by atoms with Crippen molar-refractivity contribution in [2.75, 3.05) is 0 Å². The quantitative estimate of drug-likeness (QED) is 0.362. The van der Waals surface area contributed by atoms with Crippen LogP contribution in [0.15, 0.2) is 53.0 Å². The SMILES string of the molecule is Brc1ccc2cc(I)c3ccccc3c2c1. The molecule has 0 bridgehead atoms. The molecule has 0 spiro atoms. The Morgan fingerprint density at radius 1 is 0.812 bits per heavy atom. The van der Waals surface area contributed by atoms with Gasteiger partial charge in [-0.1, -0.05) is 46.3 Å². The highest BCUT2D eigenvalue weighted by Gasteiger charge is 2.04. The average molecular weight is 383 g/mol. The first-order chi connectivity index (χ1) is 7.75. The van der Waals surface area contributed by atoms with Gasteiger partial charge in [-0.3, -0.25) is 0 Å². The fraction of sp³-hybridized carbons (Fsp3) is 0. The second kappa shape index (κ2) is 4.00. The van der Waals surface area contributed by atoms with E-state index in [0.29, 0.717) is 0 Å². The van der Waals surface area contributed by atoms with Gasteiger partial charge in [-0.25, -0.2) is 0 Å². The molecular weight excluding hydrogens is 375 g/mol. The van der Waals surface area contributed by atoms with Gasteiger partial charge in [-0.05, 0) is 62.3 Å². The van der Waals surface area contributed by atoms with Gasteiger partial charge in [0.2, 0.25) is 0 Å². The van der Waals surface area contributed by atoms with E-state index in [2.05, 4.69) is 87.1 Å². The van der Waals surface area contributed by atoms with Crippen molar-refractivity contribution in [3.8, 4) is 0 Å². The molecular formula is C14H8BrI. The zero-order valence-corrected chi connectivity index (χ0v) is 12.1. The summed E-state index contributed by atoms with van der Waals surface area (Å²) < 4.78 is 2.44. The van der Waals surface area contributed by atoms with Gasteiger partial charge in [-0.2, -0.15) is 0 Å². The van der Waals surface area contributed by atoms with Crippen LogP contribution in [-0.2, 0) is 0 Å². The standard InChI is InChI=1S/C14H8BrI/c15-10-6-5-9-7-14(16)12-4-2-1-3-11(12)13(9)8-10/h1-8H. The summed E-state index contributed by atoms with van der Waals surface area (Å²) in [6, 6.07) is 17.2. The Morgan fingerprint density at radius 2 is 1.56 bits per heavy atom. The van der Waals surface area contributed by atoms with Crippen LogP contribution < -0.4 is 0 Å². The second-order valence-electron chi connectivity index (χ2n) is 3.77. The molecule has 16 heavy (non-hydrogen) atoms. The van der Waals surface area contributed by atoms with Gasteiger partial charge in [0.15, 0.2) is 0 Å². The van der Waals surface area contributed by atoms with Crippen LogP contribution >= 0.6 is 38.5 Å². The van der Waals surface area contributed by atoms with E-state index in [1.54, 1.807) is 0 Å². The Bertz CT molecular complexity index is 689. The number of rotatable bonds is 0. The minimum absolute atomic E-state index is 1.13. The Kier molecular flexibility index (Phi) is 2.64. The molecule has 0 unspecified atom stereocenters. The summed E-state index contributed by atoms with van der Waals surface area (Å²) in [4.78, 5) is 0. The third kappa shape index (κ3) is 1.64. The maximum atomic E-state index is 3.53. The predicted octanol–water partition coefficient (Wildman–Crippen LogP) is 5.36. The molecule has 0 fully saturated rings. The molecule has 3 aromatic carbocycles. The summed E-state index contributed by atoms with van der Waals surface area (Å²) in [7, 11) is 0. The molecule has 78 valence electrons. The molecule has 0 nitrogen and oxygen atoms in total. The first-order valence-electron chi connectivity index (χ1n) is 5.02. The lowest BCUT2D eigenvalue weighted by Gasteiger charge is -2.06. The van der Waals surface area contributed by atoms with Gasteiger partial charge >= 0.3 is 0 Å². The Balaban J connectivity index is 2.61. The Labute approximate surface area is 116 Å². The van der Waals surface area contributed by atoms with E-state index in [1.165, 1.54) is 25.1 Å². The van der Waals surface area contributed by atoms with Crippen molar-refractivity contribution in [3.63, 3.8) is 0 Å². The number of fused-ring (bicyclic) bond motifs is 3. The number of halogens is 2. The molecule has 0 saturated carbocycles. The highest BCUT2D eigenvalue weighted by molar-refractivity contribution is 14.1. The number of hydrogen-bond donors (Lipinski definition) is 0. The molecule has 3 aromatic rings. The fourth-order valence-corrected chi connectivity index (χ4v) is 3.20. The Hall–Kier alpha value is -0.610. The molecule has 0 aliphatic heterocycles. The van der Waals surface area contributed by atoms with Gasteiger partial charge in [0.25, 0.3) is 0 Å². The molecule has 0 radical (unpaired) electrons. The molecule has 0 saturated heterocycles. The van der Waals surface area contributed by atoms with Crippen LogP contribution in [0.4, 0.5) is 0 Å². The summed E-state index contributed by atoms with van der Waals surface area (Å²) in [6.45, 7) is 0. The summed E-state index contributed by atoms with van der Waals surface area (Å²) in [5.74, 6) is 0. The minimum Gasteiger partial charge on any atom is -0.0616 e. The van der Waals surface area contributed by atoms with Crippen LogP contribution in [0.3, 0.4) is 0 Å². The number of benzene rings is 3. The summed E-state index contributed by atoms with van der Waals surface area (Å²) in [6.07, 6.45) is 0. The van der Waals surface area contributed by atoms with E-state index in [-0.39, 0.29) is 0 Å². The normalized spacial score (nSPS) is 11.1. The predicted molar refractivity (Wildman–Crippen MR) is 81.9 cm³/mol. The van der Waals surface area contributed by atoms with E-state index >= 15 is 0 Å². The molecule has 0 aliphatic rings. The third-order valence-electron chi connectivity index (χ3n) is 2.77. The van der Waals surface area contributed by atoms with Crippen molar-refractivity contribution >= 4 is 60.1 Å². The first kappa shape index (κ1) is 10.5. The van der Waals surface area contributed by atoms with Gasteiger partial charge in [0.05, 0.1) is 0 Å². The molecule has 0 heterocycles. The van der Waals surface area contributed by atoms with E-state index in [0.717, 1.165) is 4.47 Å². The lowest BCUT2D eigenvalue weighted by molar-refractivity contribution is 1.70. The van der Waals surface area contributed by atoms with Crippen LogP contribution in [0, 0.1) is 3.57 Å². The second-order valence-corrected chi connectivity index (χ2v) is 5.85. The van der Waals surface area contributed by atoms with E-state index in [1.807, 2.05) is 0 Å². The van der Waals surface area contributed by atoms with Gasteiger partial charge in [0, 0.05) is 8.04 Å². The van der Waals surface area contributed by atoms with Crippen molar-refractivity contribution in [1.29, 1.82) is 0 Å². The molecule has 0 N–H and O–H groups in total. The lowest BCUT2D eigenvalue weighted by atomic mass is 10.0. The maximum Gasteiger partial charge on any atom is 0.0215 e. The topological polar surface area (TPSA) is 0 Å². The van der Waals surface area contributed by atoms with Crippen LogP contribution in [0.2, 0.25) is 0 Å². The number of hydrogen-bond acceptors (Lipinski definition) is 0. The largest absolute Gasteiger partial charge is 0.0616 e. The zero-order valence-electron chi connectivity index (χ0n) is 8.37. The van der Waals surface area contributed by atoms with Crippen LogP contribution in [0.5, 0.6) is 0 Å². The molecule has 2 heteroatoms. The van der Waals surface area contributed by atoms with Crippen LogP contribution in [0.25, 0.3) is 21.5 Å². The molecule has 0 aliphatic carbocycles. The van der Waals surface area contributed by atoms with Crippen molar-refractivity contribution in [3.05, 3.63) is 56.6 Å². The summed E-state index contributed by atoms with van der Waals surface area (Å²) in [5.41, 5.74) is 0. The molecule has 3 rings (SSSR count). The maximum absolute atomic E-state index is 3.53. The van der Waals surface area contributed by atoms with E-state index < -0.39 is 0 Å². The highest BCUT2D eigenvalue weighted by atomic mass is 127. The molecule has 0 amide bonds.